The van der Waals surface area contributed by atoms with Crippen molar-refractivity contribution in [2.24, 2.45) is 0 Å². The van der Waals surface area contributed by atoms with E-state index in [2.05, 4.69) is 30.4 Å². The molecule has 0 unspecified atom stereocenters. The van der Waals surface area contributed by atoms with E-state index in [9.17, 15) is 9.59 Å². The number of phenolic OH excluding ortho intramolecular Hbond substituents is 1. The number of phenols is 1. The summed E-state index contributed by atoms with van der Waals surface area (Å²) >= 11 is 0. The van der Waals surface area contributed by atoms with Gasteiger partial charge in [-0.15, -0.1) is 0 Å². The SMILES string of the molecule is CC(=O)COC(C)=O.CCCN(CCC)C1CCOCC1.CCc1ccc(O)c(C)c1. The summed E-state index contributed by atoms with van der Waals surface area (Å²) in [6.07, 6.45) is 6.05. The van der Waals surface area contributed by atoms with E-state index in [1.54, 1.807) is 6.07 Å². The number of benzene rings is 1. The number of ether oxygens (including phenoxy) is 2. The molecule has 1 saturated heterocycles. The van der Waals surface area contributed by atoms with Crippen LogP contribution in [0.15, 0.2) is 18.2 Å². The van der Waals surface area contributed by atoms with Gasteiger partial charge in [0.1, 0.15) is 12.4 Å². The number of aryl methyl sites for hydroxylation is 2. The Kier molecular flexibility index (Phi) is 16.6. The highest BCUT2D eigenvalue weighted by atomic mass is 16.5. The maximum absolute atomic E-state index is 10.1. The second kappa shape index (κ2) is 17.7. The van der Waals surface area contributed by atoms with Crippen LogP contribution < -0.4 is 0 Å². The van der Waals surface area contributed by atoms with Crippen molar-refractivity contribution in [2.75, 3.05) is 32.9 Å². The third kappa shape index (κ3) is 14.7. The third-order valence-electron chi connectivity index (χ3n) is 4.88. The fourth-order valence-corrected chi connectivity index (χ4v) is 3.24. The van der Waals surface area contributed by atoms with Crippen molar-refractivity contribution in [1.29, 1.82) is 0 Å². The minimum Gasteiger partial charge on any atom is -0.508 e. The van der Waals surface area contributed by atoms with Crippen LogP contribution in [0.2, 0.25) is 0 Å². The average molecular weight is 438 g/mol. The van der Waals surface area contributed by atoms with Gasteiger partial charge < -0.3 is 19.5 Å². The molecule has 1 aliphatic rings. The van der Waals surface area contributed by atoms with Gasteiger partial charge in [0.15, 0.2) is 5.78 Å². The number of esters is 1. The Hall–Kier alpha value is -1.92. The first-order chi connectivity index (χ1) is 14.7. The molecule has 0 aromatic heterocycles. The molecular weight excluding hydrogens is 394 g/mol. The first-order valence-electron chi connectivity index (χ1n) is 11.5. The summed E-state index contributed by atoms with van der Waals surface area (Å²) in [7, 11) is 0. The highest BCUT2D eigenvalue weighted by molar-refractivity contribution is 5.79. The minimum atomic E-state index is -0.416. The molecule has 0 aliphatic carbocycles. The Labute approximate surface area is 188 Å². The molecule has 0 radical (unpaired) electrons. The van der Waals surface area contributed by atoms with E-state index >= 15 is 0 Å². The van der Waals surface area contributed by atoms with Gasteiger partial charge in [0.25, 0.3) is 0 Å². The van der Waals surface area contributed by atoms with Crippen LogP contribution in [0, 0.1) is 6.92 Å². The van der Waals surface area contributed by atoms with Gasteiger partial charge in [-0.05, 0) is 76.2 Å². The lowest BCUT2D eigenvalue weighted by Crippen LogP contribution is -2.40. The Morgan fingerprint density at radius 2 is 1.68 bits per heavy atom. The lowest BCUT2D eigenvalue weighted by atomic mass is 10.1. The van der Waals surface area contributed by atoms with Crippen LogP contribution in [0.1, 0.15) is 71.4 Å². The zero-order valence-electron chi connectivity index (χ0n) is 20.4. The molecule has 0 bridgehead atoms. The molecule has 1 aromatic rings. The monoisotopic (exact) mass is 437 g/mol. The van der Waals surface area contributed by atoms with Gasteiger partial charge in [-0.2, -0.15) is 0 Å². The molecule has 1 fully saturated rings. The maximum atomic E-state index is 10.1. The number of hydrogen-bond acceptors (Lipinski definition) is 6. The molecule has 0 saturated carbocycles. The number of hydrogen-bond donors (Lipinski definition) is 1. The van der Waals surface area contributed by atoms with Crippen LogP contribution in [0.25, 0.3) is 0 Å². The highest BCUT2D eigenvalue weighted by Gasteiger charge is 2.19. The van der Waals surface area contributed by atoms with Crippen LogP contribution in [0.4, 0.5) is 0 Å². The Balaban J connectivity index is 0.000000451. The van der Waals surface area contributed by atoms with Crippen molar-refractivity contribution < 1.29 is 24.2 Å². The summed E-state index contributed by atoms with van der Waals surface area (Å²) in [5.74, 6) is -0.169. The average Bonchev–Trinajstić information content (AvgIpc) is 2.75. The van der Waals surface area contributed by atoms with E-state index < -0.39 is 5.97 Å². The third-order valence-corrected chi connectivity index (χ3v) is 4.88. The number of carbonyl (C=O) groups excluding carboxylic acids is 2. The molecule has 31 heavy (non-hydrogen) atoms. The predicted molar refractivity (Wildman–Crippen MR) is 126 cm³/mol. The van der Waals surface area contributed by atoms with Crippen LogP contribution in [0.5, 0.6) is 5.75 Å². The van der Waals surface area contributed by atoms with Gasteiger partial charge in [-0.1, -0.05) is 32.9 Å². The van der Waals surface area contributed by atoms with Gasteiger partial charge >= 0.3 is 5.97 Å². The molecule has 178 valence electrons. The van der Waals surface area contributed by atoms with E-state index in [0.717, 1.165) is 31.2 Å². The number of carbonyl (C=O) groups is 2. The second-order valence-electron chi connectivity index (χ2n) is 7.84. The first-order valence-corrected chi connectivity index (χ1v) is 11.5. The standard InChI is InChI=1S/C11H23NO.C9H12O.C5H8O3/c1-3-7-12(8-4-2)11-5-9-13-10-6-11;1-3-8-4-5-9(10)7(2)6-8;1-4(6)3-8-5(2)7/h11H,3-10H2,1-2H3;4-6,10H,3H2,1-2H3;3H2,1-2H3. The minimum absolute atomic E-state index is 0.102. The predicted octanol–water partition coefficient (Wildman–Crippen LogP) is 4.69. The van der Waals surface area contributed by atoms with E-state index in [4.69, 9.17) is 9.84 Å². The fourth-order valence-electron chi connectivity index (χ4n) is 3.24. The van der Waals surface area contributed by atoms with E-state index in [1.165, 1.54) is 58.2 Å². The molecule has 1 N–H and O–H groups in total. The zero-order valence-corrected chi connectivity index (χ0v) is 20.4. The van der Waals surface area contributed by atoms with Crippen molar-refractivity contribution in [1.82, 2.24) is 4.90 Å². The molecule has 0 spiro atoms. The van der Waals surface area contributed by atoms with Crippen LogP contribution in [0.3, 0.4) is 0 Å². The molecule has 0 amide bonds. The summed E-state index contributed by atoms with van der Waals surface area (Å²) in [5.41, 5.74) is 2.23. The highest BCUT2D eigenvalue weighted by Crippen LogP contribution is 2.17. The van der Waals surface area contributed by atoms with Gasteiger partial charge in [0, 0.05) is 26.2 Å². The van der Waals surface area contributed by atoms with E-state index in [1.807, 2.05) is 19.1 Å². The summed E-state index contributed by atoms with van der Waals surface area (Å²) in [5, 5.41) is 9.14. The van der Waals surface area contributed by atoms with Crippen molar-refractivity contribution >= 4 is 11.8 Å². The molecular formula is C25H43NO5. The molecule has 1 heterocycles. The molecule has 1 aliphatic heterocycles. The summed E-state index contributed by atoms with van der Waals surface area (Å²) in [4.78, 5) is 22.7. The smallest absolute Gasteiger partial charge is 0.303 e. The normalized spacial score (nSPS) is 13.5. The maximum Gasteiger partial charge on any atom is 0.303 e. The van der Waals surface area contributed by atoms with Crippen molar-refractivity contribution in [2.45, 2.75) is 79.7 Å². The molecule has 2 rings (SSSR count). The lowest BCUT2D eigenvalue weighted by molar-refractivity contribution is -0.145. The quantitative estimate of drug-likeness (QED) is 0.595. The largest absolute Gasteiger partial charge is 0.508 e. The number of Topliss-reactive ketones (excluding diaryl/α,β-unsaturated/α-hetero) is 1. The van der Waals surface area contributed by atoms with Crippen LogP contribution in [-0.4, -0.2) is 60.7 Å². The van der Waals surface area contributed by atoms with Gasteiger partial charge in [-0.25, -0.2) is 0 Å². The van der Waals surface area contributed by atoms with Gasteiger partial charge in [0.2, 0.25) is 0 Å². The van der Waals surface area contributed by atoms with Crippen molar-refractivity contribution in [3.63, 3.8) is 0 Å². The molecule has 1 aromatic carbocycles. The second-order valence-corrected chi connectivity index (χ2v) is 7.84. The fraction of sp³-hybridized carbons (Fsp3) is 0.680. The number of nitrogens with zero attached hydrogens (tertiary/aromatic N) is 1. The molecule has 6 nitrogen and oxygen atoms in total. The number of rotatable bonds is 8. The Morgan fingerprint density at radius 3 is 2.06 bits per heavy atom. The summed E-state index contributed by atoms with van der Waals surface area (Å²) in [6.45, 7) is 15.5. The lowest BCUT2D eigenvalue weighted by Gasteiger charge is -2.33. The molecule has 6 heteroatoms. The van der Waals surface area contributed by atoms with Crippen molar-refractivity contribution in [3.05, 3.63) is 29.3 Å². The summed E-state index contributed by atoms with van der Waals surface area (Å²) in [6, 6.07) is 6.50. The van der Waals surface area contributed by atoms with Crippen molar-refractivity contribution in [3.8, 4) is 5.75 Å². The first kappa shape index (κ1) is 29.1. The number of ketones is 1. The Bertz CT molecular complexity index is 606. The van der Waals surface area contributed by atoms with E-state index in [0.29, 0.717) is 5.75 Å². The van der Waals surface area contributed by atoms with E-state index in [-0.39, 0.29) is 12.4 Å². The summed E-state index contributed by atoms with van der Waals surface area (Å²) < 4.78 is 9.69. The van der Waals surface area contributed by atoms with Crippen LogP contribution in [-0.2, 0) is 25.5 Å². The van der Waals surface area contributed by atoms with Gasteiger partial charge in [-0.3, -0.25) is 9.59 Å². The van der Waals surface area contributed by atoms with Gasteiger partial charge in [0.05, 0.1) is 0 Å². The van der Waals surface area contributed by atoms with Crippen LogP contribution >= 0.6 is 0 Å². The number of aromatic hydroxyl groups is 1. The zero-order chi connectivity index (χ0) is 23.6. The molecule has 0 atom stereocenters. The topological polar surface area (TPSA) is 76.1 Å². The Morgan fingerprint density at radius 1 is 1.10 bits per heavy atom.